The Morgan fingerprint density at radius 3 is 2.56 bits per heavy atom. The number of carbonyl (C=O) groups excluding carboxylic acids is 2. The fourth-order valence-corrected chi connectivity index (χ4v) is 2.95. The van der Waals surface area contributed by atoms with Gasteiger partial charge in [-0.25, -0.2) is 5.43 Å². The zero-order chi connectivity index (χ0) is 22.9. The van der Waals surface area contributed by atoms with E-state index in [1.165, 1.54) is 19.4 Å². The minimum absolute atomic E-state index is 0.0365. The van der Waals surface area contributed by atoms with Gasteiger partial charge in [-0.2, -0.15) is 5.10 Å². The van der Waals surface area contributed by atoms with Crippen LogP contribution in [-0.2, 0) is 4.79 Å². The van der Waals surface area contributed by atoms with Gasteiger partial charge < -0.3 is 19.9 Å². The summed E-state index contributed by atoms with van der Waals surface area (Å²) in [4.78, 5) is 24.2. The molecule has 3 aromatic carbocycles. The molecule has 32 heavy (non-hydrogen) atoms. The number of nitrogens with one attached hydrogen (secondary N) is 2. The maximum Gasteiger partial charge on any atom is 0.271 e. The number of hydrogen-bond acceptors (Lipinski definition) is 6. The standard InChI is InChI=1S/C23H20IN3O5/c1-31-21-5-3-2-4-19(21)26-22(29)14-32-17-9-6-15(7-10-17)13-25-27-23(30)16-8-11-18(24)20(28)12-16/h2-13,28H,14H2,1H3,(H,26,29)(H,27,30)/b25-13-. The molecule has 0 aliphatic rings. The molecule has 0 bridgehead atoms. The number of phenolic OH excluding ortho intramolecular Hbond substituents is 1. The molecule has 0 atom stereocenters. The highest BCUT2D eigenvalue weighted by molar-refractivity contribution is 14.1. The molecule has 0 saturated heterocycles. The third-order valence-corrected chi connectivity index (χ3v) is 5.13. The molecule has 0 fully saturated rings. The second-order valence-electron chi connectivity index (χ2n) is 6.47. The Hall–Kier alpha value is -3.60. The van der Waals surface area contributed by atoms with Crippen LogP contribution in [0.3, 0.4) is 0 Å². The van der Waals surface area contributed by atoms with Gasteiger partial charge in [0.25, 0.3) is 11.8 Å². The monoisotopic (exact) mass is 545 g/mol. The lowest BCUT2D eigenvalue weighted by atomic mass is 10.2. The van der Waals surface area contributed by atoms with Crippen LogP contribution in [0.25, 0.3) is 0 Å². The molecule has 0 unspecified atom stereocenters. The summed E-state index contributed by atoms with van der Waals surface area (Å²) in [5, 5.41) is 16.3. The number of anilines is 1. The lowest BCUT2D eigenvalue weighted by Gasteiger charge is -2.10. The molecule has 3 rings (SSSR count). The number of methoxy groups -OCH3 is 1. The summed E-state index contributed by atoms with van der Waals surface area (Å²) >= 11 is 1.97. The van der Waals surface area contributed by atoms with Crippen molar-refractivity contribution in [2.45, 2.75) is 0 Å². The molecule has 0 heterocycles. The molecule has 164 valence electrons. The SMILES string of the molecule is COc1ccccc1NC(=O)COc1ccc(/C=N\NC(=O)c2ccc(I)c(O)c2)cc1. The van der Waals surface area contributed by atoms with Gasteiger partial charge in [0.1, 0.15) is 17.2 Å². The first-order chi connectivity index (χ1) is 15.5. The summed E-state index contributed by atoms with van der Waals surface area (Å²) in [6.07, 6.45) is 1.47. The van der Waals surface area contributed by atoms with Gasteiger partial charge >= 0.3 is 0 Å². The predicted octanol–water partition coefficient (Wildman–Crippen LogP) is 3.79. The summed E-state index contributed by atoms with van der Waals surface area (Å²) in [7, 11) is 1.53. The van der Waals surface area contributed by atoms with Gasteiger partial charge in [0.2, 0.25) is 0 Å². The summed E-state index contributed by atoms with van der Waals surface area (Å²) in [5.41, 5.74) is 4.00. The first-order valence-corrected chi connectivity index (χ1v) is 10.5. The maximum absolute atomic E-state index is 12.1. The number of ether oxygens (including phenoxy) is 2. The predicted molar refractivity (Wildman–Crippen MR) is 129 cm³/mol. The zero-order valence-corrected chi connectivity index (χ0v) is 19.2. The molecule has 0 radical (unpaired) electrons. The van der Waals surface area contributed by atoms with E-state index < -0.39 is 5.91 Å². The highest BCUT2D eigenvalue weighted by Gasteiger charge is 2.08. The average Bonchev–Trinajstić information content (AvgIpc) is 2.80. The molecule has 9 heteroatoms. The lowest BCUT2D eigenvalue weighted by molar-refractivity contribution is -0.118. The third-order valence-electron chi connectivity index (χ3n) is 4.22. The molecule has 8 nitrogen and oxygen atoms in total. The Balaban J connectivity index is 1.48. The van der Waals surface area contributed by atoms with E-state index in [2.05, 4.69) is 15.8 Å². The minimum atomic E-state index is -0.436. The van der Waals surface area contributed by atoms with Gasteiger partial charge in [0, 0.05) is 5.56 Å². The van der Waals surface area contributed by atoms with Crippen molar-refractivity contribution in [2.24, 2.45) is 5.10 Å². The number of carbonyl (C=O) groups is 2. The number of rotatable bonds is 8. The fraction of sp³-hybridized carbons (Fsp3) is 0.0870. The summed E-state index contributed by atoms with van der Waals surface area (Å²) in [6, 6.07) is 18.6. The number of hydrazone groups is 1. The van der Waals surface area contributed by atoms with Gasteiger partial charge in [-0.1, -0.05) is 12.1 Å². The Labute approximate surface area is 198 Å². The fourth-order valence-electron chi connectivity index (χ4n) is 2.62. The van der Waals surface area contributed by atoms with E-state index in [4.69, 9.17) is 9.47 Å². The van der Waals surface area contributed by atoms with Crippen LogP contribution in [0.2, 0.25) is 0 Å². The molecule has 0 saturated carbocycles. The van der Waals surface area contributed by atoms with Crippen LogP contribution in [0, 0.1) is 3.57 Å². The van der Waals surface area contributed by atoms with Crippen LogP contribution in [-0.4, -0.2) is 36.9 Å². The van der Waals surface area contributed by atoms with Crippen molar-refractivity contribution in [2.75, 3.05) is 19.0 Å². The number of nitrogens with zero attached hydrogens (tertiary/aromatic N) is 1. The van der Waals surface area contributed by atoms with E-state index in [1.54, 1.807) is 54.6 Å². The van der Waals surface area contributed by atoms with Crippen LogP contribution in [0.15, 0.2) is 71.8 Å². The molecule has 3 aromatic rings. The number of aromatic hydroxyl groups is 1. The van der Waals surface area contributed by atoms with Gasteiger partial charge in [-0.15, -0.1) is 0 Å². The Bertz CT molecular complexity index is 1130. The molecule has 3 N–H and O–H groups in total. The van der Waals surface area contributed by atoms with E-state index in [1.807, 2.05) is 28.7 Å². The van der Waals surface area contributed by atoms with Crippen molar-refractivity contribution in [3.05, 3.63) is 81.4 Å². The number of para-hydroxylation sites is 2. The zero-order valence-electron chi connectivity index (χ0n) is 17.0. The maximum atomic E-state index is 12.1. The molecule has 2 amide bonds. The van der Waals surface area contributed by atoms with Crippen LogP contribution in [0.1, 0.15) is 15.9 Å². The Morgan fingerprint density at radius 2 is 1.84 bits per heavy atom. The largest absolute Gasteiger partial charge is 0.507 e. The van der Waals surface area contributed by atoms with E-state index in [0.717, 1.165) is 5.56 Å². The molecule has 0 spiro atoms. The highest BCUT2D eigenvalue weighted by atomic mass is 127. The highest BCUT2D eigenvalue weighted by Crippen LogP contribution is 2.23. The van der Waals surface area contributed by atoms with Crippen molar-refractivity contribution in [3.8, 4) is 17.2 Å². The average molecular weight is 545 g/mol. The van der Waals surface area contributed by atoms with Crippen LogP contribution in [0.5, 0.6) is 17.2 Å². The van der Waals surface area contributed by atoms with E-state index >= 15 is 0 Å². The van der Waals surface area contributed by atoms with Crippen molar-refractivity contribution in [1.29, 1.82) is 0 Å². The van der Waals surface area contributed by atoms with Gasteiger partial charge in [-0.3, -0.25) is 9.59 Å². The molecular weight excluding hydrogens is 525 g/mol. The van der Waals surface area contributed by atoms with Gasteiger partial charge in [0.05, 0.1) is 22.6 Å². The lowest BCUT2D eigenvalue weighted by Crippen LogP contribution is -2.20. The van der Waals surface area contributed by atoms with Crippen LogP contribution < -0.4 is 20.2 Å². The quantitative estimate of drug-likeness (QED) is 0.227. The van der Waals surface area contributed by atoms with E-state index in [9.17, 15) is 14.7 Å². The Morgan fingerprint density at radius 1 is 1.09 bits per heavy atom. The van der Waals surface area contributed by atoms with Gasteiger partial charge in [-0.05, 0) is 82.8 Å². The summed E-state index contributed by atoms with van der Waals surface area (Å²) in [6.45, 7) is -0.162. The second-order valence-corrected chi connectivity index (χ2v) is 7.63. The first kappa shape index (κ1) is 23.1. The topological polar surface area (TPSA) is 109 Å². The van der Waals surface area contributed by atoms with Crippen molar-refractivity contribution < 1.29 is 24.2 Å². The van der Waals surface area contributed by atoms with Crippen molar-refractivity contribution in [3.63, 3.8) is 0 Å². The number of phenols is 1. The first-order valence-electron chi connectivity index (χ1n) is 9.44. The van der Waals surface area contributed by atoms with Crippen molar-refractivity contribution >= 4 is 46.3 Å². The second kappa shape index (κ2) is 11.1. The number of halogens is 1. The summed E-state index contributed by atoms with van der Waals surface area (Å²) in [5.74, 6) is 0.360. The Kier molecular flexibility index (Phi) is 8.03. The van der Waals surface area contributed by atoms with Gasteiger partial charge in [0.15, 0.2) is 6.61 Å². The third kappa shape index (κ3) is 6.45. The van der Waals surface area contributed by atoms with E-state index in [0.29, 0.717) is 26.3 Å². The molecular formula is C23H20IN3O5. The molecule has 0 aromatic heterocycles. The van der Waals surface area contributed by atoms with E-state index in [-0.39, 0.29) is 18.3 Å². The number of amides is 2. The normalized spacial score (nSPS) is 10.6. The summed E-state index contributed by atoms with van der Waals surface area (Å²) < 4.78 is 11.4. The van der Waals surface area contributed by atoms with Crippen LogP contribution in [0.4, 0.5) is 5.69 Å². The van der Waals surface area contributed by atoms with Crippen LogP contribution >= 0.6 is 22.6 Å². The molecule has 0 aliphatic heterocycles. The number of benzene rings is 3. The van der Waals surface area contributed by atoms with Crippen molar-refractivity contribution in [1.82, 2.24) is 5.43 Å². The smallest absolute Gasteiger partial charge is 0.271 e. The minimum Gasteiger partial charge on any atom is -0.507 e. The number of hydrogen-bond donors (Lipinski definition) is 3. The molecule has 0 aliphatic carbocycles.